The number of aromatic amines is 1. The predicted molar refractivity (Wildman–Crippen MR) is 70.6 cm³/mol. The zero-order chi connectivity index (χ0) is 12.5. The van der Waals surface area contributed by atoms with E-state index >= 15 is 0 Å². The molecule has 3 rings (SSSR count). The molecule has 0 saturated carbocycles. The molecule has 0 amide bonds. The monoisotopic (exact) mass is 324 g/mol. The zero-order valence-corrected chi connectivity index (χ0v) is 11.3. The molecule has 0 saturated heterocycles. The first-order chi connectivity index (χ1) is 8.74. The molecule has 2 heterocycles. The summed E-state index contributed by atoms with van der Waals surface area (Å²) in [4.78, 5) is 8.36. The molecule has 7 heteroatoms. The van der Waals surface area contributed by atoms with Crippen LogP contribution >= 0.6 is 27.3 Å². The fourth-order valence-electron chi connectivity index (χ4n) is 1.51. The van der Waals surface area contributed by atoms with Crippen LogP contribution in [-0.4, -0.2) is 20.2 Å². The van der Waals surface area contributed by atoms with Crippen molar-refractivity contribution < 1.29 is 4.39 Å². The third-order valence-electron chi connectivity index (χ3n) is 2.33. The number of benzene rings is 1. The van der Waals surface area contributed by atoms with E-state index in [-0.39, 0.29) is 5.82 Å². The normalized spacial score (nSPS) is 10.8. The Balaban J connectivity index is 2.05. The van der Waals surface area contributed by atoms with E-state index in [2.05, 4.69) is 36.1 Å². The minimum absolute atomic E-state index is 0.299. The lowest BCUT2D eigenvalue weighted by atomic mass is 10.1. The van der Waals surface area contributed by atoms with Crippen LogP contribution in [0.1, 0.15) is 0 Å². The van der Waals surface area contributed by atoms with Crippen molar-refractivity contribution >= 4 is 27.3 Å². The first-order valence-electron chi connectivity index (χ1n) is 5.01. The molecule has 1 aromatic carbocycles. The third-order valence-corrected chi connectivity index (χ3v) is 3.67. The largest absolute Gasteiger partial charge is 0.257 e. The SMILES string of the molecule is Fc1ccc(Br)cc1-c1csc(-c2ncn[nH]2)n1. The number of hydrogen-bond donors (Lipinski definition) is 1. The highest BCUT2D eigenvalue weighted by molar-refractivity contribution is 9.10. The van der Waals surface area contributed by atoms with E-state index in [4.69, 9.17) is 0 Å². The van der Waals surface area contributed by atoms with E-state index in [1.807, 2.05) is 0 Å². The van der Waals surface area contributed by atoms with E-state index in [0.29, 0.717) is 22.1 Å². The number of rotatable bonds is 2. The van der Waals surface area contributed by atoms with Crippen LogP contribution in [0, 0.1) is 5.82 Å². The number of thiazole rings is 1. The molecule has 3 aromatic rings. The molecule has 0 bridgehead atoms. The smallest absolute Gasteiger partial charge is 0.184 e. The lowest BCUT2D eigenvalue weighted by Crippen LogP contribution is -1.85. The maximum atomic E-state index is 13.7. The summed E-state index contributed by atoms with van der Waals surface area (Å²) in [6.45, 7) is 0. The summed E-state index contributed by atoms with van der Waals surface area (Å²) in [6, 6.07) is 4.77. The minimum Gasteiger partial charge on any atom is -0.257 e. The van der Waals surface area contributed by atoms with Crippen LogP contribution in [0.25, 0.3) is 22.1 Å². The summed E-state index contributed by atoms with van der Waals surface area (Å²) in [7, 11) is 0. The Bertz CT molecular complexity index is 680. The van der Waals surface area contributed by atoms with E-state index in [1.54, 1.807) is 17.5 Å². The Labute approximate surface area is 114 Å². The van der Waals surface area contributed by atoms with E-state index in [1.165, 1.54) is 23.7 Å². The lowest BCUT2D eigenvalue weighted by molar-refractivity contribution is 0.630. The quantitative estimate of drug-likeness (QED) is 0.785. The highest BCUT2D eigenvalue weighted by atomic mass is 79.9. The summed E-state index contributed by atoms with van der Waals surface area (Å²) < 4.78 is 14.5. The van der Waals surface area contributed by atoms with Gasteiger partial charge in [-0.25, -0.2) is 14.4 Å². The van der Waals surface area contributed by atoms with Gasteiger partial charge in [0.2, 0.25) is 0 Å². The van der Waals surface area contributed by atoms with Crippen LogP contribution in [0.3, 0.4) is 0 Å². The highest BCUT2D eigenvalue weighted by Crippen LogP contribution is 2.30. The van der Waals surface area contributed by atoms with E-state index in [0.717, 1.165) is 4.47 Å². The van der Waals surface area contributed by atoms with Crippen molar-refractivity contribution in [3.8, 4) is 22.1 Å². The van der Waals surface area contributed by atoms with Gasteiger partial charge in [0.05, 0.1) is 5.69 Å². The average Bonchev–Trinajstić information content (AvgIpc) is 3.00. The van der Waals surface area contributed by atoms with Gasteiger partial charge in [0, 0.05) is 15.4 Å². The van der Waals surface area contributed by atoms with Crippen LogP contribution in [0.15, 0.2) is 34.4 Å². The maximum absolute atomic E-state index is 13.7. The molecular weight excluding hydrogens is 319 g/mol. The van der Waals surface area contributed by atoms with Gasteiger partial charge < -0.3 is 0 Å². The Morgan fingerprint density at radius 3 is 3.00 bits per heavy atom. The number of hydrogen-bond acceptors (Lipinski definition) is 4. The second kappa shape index (κ2) is 4.58. The molecule has 0 atom stereocenters. The Kier molecular flexibility index (Phi) is 2.92. The Morgan fingerprint density at radius 2 is 2.22 bits per heavy atom. The van der Waals surface area contributed by atoms with Gasteiger partial charge in [-0.1, -0.05) is 15.9 Å². The van der Waals surface area contributed by atoms with Crippen LogP contribution in [0.2, 0.25) is 0 Å². The molecular formula is C11H6BrFN4S. The number of H-pyrrole nitrogens is 1. The number of aromatic nitrogens is 4. The summed E-state index contributed by atoms with van der Waals surface area (Å²) in [6.07, 6.45) is 1.41. The van der Waals surface area contributed by atoms with Crippen molar-refractivity contribution in [2.75, 3.05) is 0 Å². The number of nitrogens with one attached hydrogen (secondary N) is 1. The first kappa shape index (κ1) is 11.5. The number of nitrogens with zero attached hydrogens (tertiary/aromatic N) is 3. The average molecular weight is 325 g/mol. The summed E-state index contributed by atoms with van der Waals surface area (Å²) in [5.74, 6) is 0.286. The highest BCUT2D eigenvalue weighted by Gasteiger charge is 2.12. The van der Waals surface area contributed by atoms with Gasteiger partial charge in [-0.2, -0.15) is 5.10 Å². The van der Waals surface area contributed by atoms with Crippen molar-refractivity contribution in [3.05, 3.63) is 40.2 Å². The third kappa shape index (κ3) is 2.06. The molecule has 0 aliphatic heterocycles. The van der Waals surface area contributed by atoms with E-state index in [9.17, 15) is 4.39 Å². The molecule has 0 aliphatic carbocycles. The second-order valence-corrected chi connectivity index (χ2v) is 5.27. The zero-order valence-electron chi connectivity index (χ0n) is 8.89. The summed E-state index contributed by atoms with van der Waals surface area (Å²) in [5, 5.41) is 8.97. The molecule has 0 fully saturated rings. The van der Waals surface area contributed by atoms with Crippen molar-refractivity contribution in [1.82, 2.24) is 20.2 Å². The molecule has 18 heavy (non-hydrogen) atoms. The fraction of sp³-hybridized carbons (Fsp3) is 0. The molecule has 0 spiro atoms. The molecule has 0 unspecified atom stereocenters. The molecule has 2 aromatic heterocycles. The lowest BCUT2D eigenvalue weighted by Gasteiger charge is -1.99. The van der Waals surface area contributed by atoms with Gasteiger partial charge in [0.15, 0.2) is 10.8 Å². The molecule has 0 radical (unpaired) electrons. The van der Waals surface area contributed by atoms with Crippen LogP contribution in [0.4, 0.5) is 4.39 Å². The summed E-state index contributed by atoms with van der Waals surface area (Å²) >= 11 is 4.71. The second-order valence-electron chi connectivity index (χ2n) is 3.50. The van der Waals surface area contributed by atoms with Crippen molar-refractivity contribution in [2.45, 2.75) is 0 Å². The van der Waals surface area contributed by atoms with Crippen LogP contribution in [-0.2, 0) is 0 Å². The minimum atomic E-state index is -0.299. The van der Waals surface area contributed by atoms with Crippen LogP contribution in [0.5, 0.6) is 0 Å². The molecule has 0 aliphatic rings. The Hall–Kier alpha value is -1.60. The molecule has 4 nitrogen and oxygen atoms in total. The number of halogens is 2. The first-order valence-corrected chi connectivity index (χ1v) is 6.68. The maximum Gasteiger partial charge on any atom is 0.184 e. The van der Waals surface area contributed by atoms with Crippen molar-refractivity contribution in [2.24, 2.45) is 0 Å². The predicted octanol–water partition coefficient (Wildman–Crippen LogP) is 3.50. The Morgan fingerprint density at radius 1 is 1.33 bits per heavy atom. The van der Waals surface area contributed by atoms with Gasteiger partial charge in [-0.05, 0) is 18.2 Å². The van der Waals surface area contributed by atoms with Crippen LogP contribution < -0.4 is 0 Å². The van der Waals surface area contributed by atoms with Crippen molar-refractivity contribution in [1.29, 1.82) is 0 Å². The van der Waals surface area contributed by atoms with Gasteiger partial charge in [-0.15, -0.1) is 11.3 Å². The molecule has 1 N–H and O–H groups in total. The van der Waals surface area contributed by atoms with Crippen molar-refractivity contribution in [3.63, 3.8) is 0 Å². The topological polar surface area (TPSA) is 54.5 Å². The van der Waals surface area contributed by atoms with Gasteiger partial charge >= 0.3 is 0 Å². The van der Waals surface area contributed by atoms with Gasteiger partial charge in [-0.3, -0.25) is 5.10 Å². The molecule has 90 valence electrons. The van der Waals surface area contributed by atoms with Gasteiger partial charge in [0.25, 0.3) is 0 Å². The fourth-order valence-corrected chi connectivity index (χ4v) is 2.63. The van der Waals surface area contributed by atoms with Gasteiger partial charge in [0.1, 0.15) is 12.1 Å². The van der Waals surface area contributed by atoms with E-state index < -0.39 is 0 Å². The summed E-state index contributed by atoms with van der Waals surface area (Å²) in [5.41, 5.74) is 1.05. The standard InChI is InChI=1S/C11H6BrFN4S/c12-6-1-2-8(13)7(3-6)9-4-18-11(16-9)10-14-5-15-17-10/h1-5H,(H,14,15,17).